The van der Waals surface area contributed by atoms with E-state index in [1.54, 1.807) is 12.3 Å². The lowest BCUT2D eigenvalue weighted by Crippen LogP contribution is -2.14. The maximum Gasteiger partial charge on any atom is 0.232 e. The number of amides is 1. The lowest BCUT2D eigenvalue weighted by atomic mass is 10.1. The number of benzene rings is 2. The summed E-state index contributed by atoms with van der Waals surface area (Å²) in [7, 11) is 0. The molecule has 0 fully saturated rings. The van der Waals surface area contributed by atoms with Crippen LogP contribution in [0, 0.1) is 24.4 Å². The van der Waals surface area contributed by atoms with E-state index in [1.807, 2.05) is 0 Å². The van der Waals surface area contributed by atoms with Crippen molar-refractivity contribution in [1.29, 1.82) is 0 Å². The summed E-state index contributed by atoms with van der Waals surface area (Å²) >= 11 is 2.60. The molecule has 5 nitrogen and oxygen atoms in total. The molecule has 2 heterocycles. The van der Waals surface area contributed by atoms with Crippen LogP contribution in [0.15, 0.2) is 47.8 Å². The van der Waals surface area contributed by atoms with Crippen LogP contribution in [0.2, 0.25) is 0 Å². The minimum atomic E-state index is -0.955. The van der Waals surface area contributed by atoms with Crippen LogP contribution < -0.4 is 10.1 Å². The van der Waals surface area contributed by atoms with Gasteiger partial charge in [-0.05, 0) is 49.4 Å². The highest BCUT2D eigenvalue weighted by atomic mass is 32.1. The monoisotopic (exact) mass is 475 g/mol. The molecular formula is C22H16F3N3O2S2. The van der Waals surface area contributed by atoms with E-state index in [2.05, 4.69) is 15.3 Å². The first-order valence-electron chi connectivity index (χ1n) is 9.42. The molecule has 0 spiro atoms. The third-order valence-corrected chi connectivity index (χ3v) is 6.11. The molecule has 10 heteroatoms. The third-order valence-electron chi connectivity index (χ3n) is 4.35. The molecule has 0 aliphatic heterocycles. The number of thiazole rings is 2. The average Bonchev–Trinajstić information content (AvgIpc) is 3.35. The van der Waals surface area contributed by atoms with E-state index in [4.69, 9.17) is 4.74 Å². The van der Waals surface area contributed by atoms with Gasteiger partial charge in [-0.3, -0.25) is 4.79 Å². The fourth-order valence-electron chi connectivity index (χ4n) is 2.86. The molecule has 2 aromatic heterocycles. The highest BCUT2D eigenvalue weighted by Crippen LogP contribution is 2.31. The van der Waals surface area contributed by atoms with Crippen LogP contribution in [0.5, 0.6) is 5.75 Å². The van der Waals surface area contributed by atoms with Crippen LogP contribution in [-0.4, -0.2) is 15.9 Å². The maximum absolute atomic E-state index is 13.5. The topological polar surface area (TPSA) is 64.1 Å². The van der Waals surface area contributed by atoms with E-state index < -0.39 is 11.6 Å². The SMILES string of the molecule is Cc1sc(NC(=O)Cc2csc(COc3ccc(F)cc3)n2)nc1-c1ccc(F)c(F)c1. The summed E-state index contributed by atoms with van der Waals surface area (Å²) in [5.41, 5.74) is 1.50. The summed E-state index contributed by atoms with van der Waals surface area (Å²) in [5.74, 6) is -2.00. The van der Waals surface area contributed by atoms with Gasteiger partial charge in [0.25, 0.3) is 0 Å². The largest absolute Gasteiger partial charge is 0.486 e. The Morgan fingerprint density at radius 1 is 1.06 bits per heavy atom. The van der Waals surface area contributed by atoms with Crippen molar-refractivity contribution >= 4 is 33.7 Å². The summed E-state index contributed by atoms with van der Waals surface area (Å²) in [5, 5.41) is 5.53. The summed E-state index contributed by atoms with van der Waals surface area (Å²) in [6.45, 7) is 2.00. The summed E-state index contributed by atoms with van der Waals surface area (Å²) in [4.78, 5) is 21.9. The van der Waals surface area contributed by atoms with Crippen LogP contribution >= 0.6 is 22.7 Å². The predicted octanol–water partition coefficient (Wildman–Crippen LogP) is 5.75. The van der Waals surface area contributed by atoms with E-state index in [-0.39, 0.29) is 24.8 Å². The number of carbonyl (C=O) groups is 1. The number of nitrogens with one attached hydrogen (secondary N) is 1. The minimum Gasteiger partial charge on any atom is -0.486 e. The fraction of sp³-hybridized carbons (Fsp3) is 0.136. The highest BCUT2D eigenvalue weighted by Gasteiger charge is 2.15. The normalized spacial score (nSPS) is 10.9. The van der Waals surface area contributed by atoms with Gasteiger partial charge in [0.2, 0.25) is 5.91 Å². The fourth-order valence-corrected chi connectivity index (χ4v) is 4.42. The van der Waals surface area contributed by atoms with Crippen LogP contribution in [0.25, 0.3) is 11.3 Å². The first-order chi connectivity index (χ1) is 15.4. The van der Waals surface area contributed by atoms with Gasteiger partial charge in [-0.25, -0.2) is 23.1 Å². The molecular weight excluding hydrogens is 459 g/mol. The van der Waals surface area contributed by atoms with Gasteiger partial charge in [0.15, 0.2) is 16.8 Å². The van der Waals surface area contributed by atoms with Gasteiger partial charge in [0.1, 0.15) is 23.2 Å². The second-order valence-corrected chi connectivity index (χ2v) is 8.90. The molecule has 1 amide bonds. The first-order valence-corrected chi connectivity index (χ1v) is 11.1. The number of hydrogen-bond donors (Lipinski definition) is 1. The Bertz CT molecular complexity index is 1260. The van der Waals surface area contributed by atoms with Crippen molar-refractivity contribution in [2.24, 2.45) is 0 Å². The molecule has 0 radical (unpaired) electrons. The van der Waals surface area contributed by atoms with E-state index in [0.717, 1.165) is 17.0 Å². The van der Waals surface area contributed by atoms with Crippen molar-refractivity contribution in [2.75, 3.05) is 5.32 Å². The standard InChI is InChI=1S/C22H16F3N3O2S2/c1-12-21(13-2-7-17(24)18(25)8-13)28-22(32-12)27-19(29)9-15-11-31-20(26-15)10-30-16-5-3-14(23)4-6-16/h2-8,11H,9-10H2,1H3,(H,27,28,29). The predicted molar refractivity (Wildman–Crippen MR) is 117 cm³/mol. The quantitative estimate of drug-likeness (QED) is 0.370. The van der Waals surface area contributed by atoms with Crippen molar-refractivity contribution in [2.45, 2.75) is 20.0 Å². The van der Waals surface area contributed by atoms with E-state index in [0.29, 0.717) is 32.8 Å². The molecule has 2 aromatic carbocycles. The molecule has 0 aliphatic carbocycles. The number of ether oxygens (including phenoxy) is 1. The van der Waals surface area contributed by atoms with Crippen molar-refractivity contribution in [1.82, 2.24) is 9.97 Å². The molecule has 4 rings (SSSR count). The number of rotatable bonds is 7. The maximum atomic E-state index is 13.5. The molecule has 0 unspecified atom stereocenters. The smallest absolute Gasteiger partial charge is 0.232 e. The number of halogens is 3. The second-order valence-electron chi connectivity index (χ2n) is 6.75. The van der Waals surface area contributed by atoms with E-state index in [9.17, 15) is 18.0 Å². The molecule has 164 valence electrons. The van der Waals surface area contributed by atoms with Crippen molar-refractivity contribution in [3.63, 3.8) is 0 Å². The number of hydrogen-bond acceptors (Lipinski definition) is 6. The van der Waals surface area contributed by atoms with Gasteiger partial charge in [-0.2, -0.15) is 0 Å². The van der Waals surface area contributed by atoms with Gasteiger partial charge in [0.05, 0.1) is 17.8 Å². The molecule has 32 heavy (non-hydrogen) atoms. The van der Waals surface area contributed by atoms with Crippen LogP contribution in [0.4, 0.5) is 18.3 Å². The molecule has 0 aliphatic rings. The van der Waals surface area contributed by atoms with E-state index in [1.165, 1.54) is 53.0 Å². The summed E-state index contributed by atoms with van der Waals surface area (Å²) in [6, 6.07) is 9.24. The lowest BCUT2D eigenvalue weighted by Gasteiger charge is -2.03. The number of aromatic nitrogens is 2. The Labute approximate surface area is 189 Å². The minimum absolute atomic E-state index is 0.0478. The van der Waals surface area contributed by atoms with Gasteiger partial charge in [0, 0.05) is 15.8 Å². The van der Waals surface area contributed by atoms with Crippen LogP contribution in [0.1, 0.15) is 15.6 Å². The number of carbonyl (C=O) groups excluding carboxylic acids is 1. The summed E-state index contributed by atoms with van der Waals surface area (Å²) < 4.78 is 45.2. The molecule has 4 aromatic rings. The van der Waals surface area contributed by atoms with Crippen molar-refractivity contribution < 1.29 is 22.7 Å². The Kier molecular flexibility index (Phi) is 6.52. The average molecular weight is 476 g/mol. The van der Waals surface area contributed by atoms with Gasteiger partial charge >= 0.3 is 0 Å². The number of aryl methyl sites for hydroxylation is 1. The molecule has 0 saturated heterocycles. The Morgan fingerprint density at radius 2 is 1.84 bits per heavy atom. The zero-order chi connectivity index (χ0) is 22.7. The van der Waals surface area contributed by atoms with Gasteiger partial charge in [-0.15, -0.1) is 22.7 Å². The van der Waals surface area contributed by atoms with Gasteiger partial charge in [-0.1, -0.05) is 0 Å². The first kappa shape index (κ1) is 22.0. The molecule has 1 N–H and O–H groups in total. The summed E-state index contributed by atoms with van der Waals surface area (Å²) in [6.07, 6.45) is 0.0478. The zero-order valence-corrected chi connectivity index (χ0v) is 18.3. The lowest BCUT2D eigenvalue weighted by molar-refractivity contribution is -0.115. The third kappa shape index (κ3) is 5.32. The van der Waals surface area contributed by atoms with E-state index >= 15 is 0 Å². The number of anilines is 1. The highest BCUT2D eigenvalue weighted by molar-refractivity contribution is 7.16. The van der Waals surface area contributed by atoms with Crippen LogP contribution in [-0.2, 0) is 17.8 Å². The van der Waals surface area contributed by atoms with Crippen molar-refractivity contribution in [3.8, 4) is 17.0 Å². The Hall–Kier alpha value is -3.24. The van der Waals surface area contributed by atoms with Crippen molar-refractivity contribution in [3.05, 3.63) is 80.9 Å². The zero-order valence-electron chi connectivity index (χ0n) is 16.7. The molecule has 0 saturated carbocycles. The second kappa shape index (κ2) is 9.49. The molecule has 0 atom stereocenters. The molecule has 0 bridgehead atoms. The van der Waals surface area contributed by atoms with Crippen LogP contribution in [0.3, 0.4) is 0 Å². The Balaban J connectivity index is 1.35. The number of nitrogens with zero attached hydrogens (tertiary/aromatic N) is 2. The Morgan fingerprint density at radius 3 is 2.59 bits per heavy atom. The van der Waals surface area contributed by atoms with Gasteiger partial charge < -0.3 is 10.1 Å².